The van der Waals surface area contributed by atoms with Crippen LogP contribution in [0.1, 0.15) is 9.67 Å². The SMILES string of the molecule is NC(=O)c1cc2c(-c3ccc(Nc4nc5ccccc5o4)cc3)c[nH+]c(N)c2s1. The fourth-order valence-corrected chi connectivity index (χ4v) is 4.17. The summed E-state index contributed by atoms with van der Waals surface area (Å²) in [6.07, 6.45) is 1.83. The number of benzene rings is 2. The Morgan fingerprint density at radius 3 is 2.69 bits per heavy atom. The lowest BCUT2D eigenvalue weighted by Gasteiger charge is -2.05. The van der Waals surface area contributed by atoms with Crippen LogP contribution in [0, 0.1) is 0 Å². The van der Waals surface area contributed by atoms with Crippen molar-refractivity contribution >= 4 is 55.9 Å². The third-order valence-corrected chi connectivity index (χ3v) is 5.81. The Morgan fingerprint density at radius 1 is 1.14 bits per heavy atom. The minimum atomic E-state index is -0.463. The van der Waals surface area contributed by atoms with Crippen molar-refractivity contribution in [2.45, 2.75) is 0 Å². The number of pyridine rings is 1. The molecule has 0 saturated carbocycles. The van der Waals surface area contributed by atoms with Gasteiger partial charge in [-0.3, -0.25) is 10.5 Å². The summed E-state index contributed by atoms with van der Waals surface area (Å²) in [5, 5.41) is 4.06. The van der Waals surface area contributed by atoms with Crippen LogP contribution in [0.2, 0.25) is 0 Å². The molecule has 0 spiro atoms. The Hall–Kier alpha value is -3.91. The molecule has 0 aliphatic rings. The average Bonchev–Trinajstić information content (AvgIpc) is 3.34. The van der Waals surface area contributed by atoms with Crippen LogP contribution in [0.5, 0.6) is 0 Å². The third-order valence-electron chi connectivity index (χ3n) is 4.62. The second-order valence-electron chi connectivity index (χ2n) is 6.52. The fourth-order valence-electron chi connectivity index (χ4n) is 3.23. The van der Waals surface area contributed by atoms with Gasteiger partial charge >= 0.3 is 0 Å². The number of para-hydroxylation sites is 2. The lowest BCUT2D eigenvalue weighted by atomic mass is 10.0. The summed E-state index contributed by atoms with van der Waals surface area (Å²) in [7, 11) is 0. The molecule has 0 aliphatic carbocycles. The van der Waals surface area contributed by atoms with E-state index in [4.69, 9.17) is 15.9 Å². The third kappa shape index (κ3) is 3.05. The summed E-state index contributed by atoms with van der Waals surface area (Å²) in [4.78, 5) is 19.5. The predicted octanol–water partition coefficient (Wildman–Crippen LogP) is 3.95. The first-order valence-corrected chi connectivity index (χ1v) is 9.67. The van der Waals surface area contributed by atoms with Gasteiger partial charge in [-0.05, 0) is 35.9 Å². The van der Waals surface area contributed by atoms with Crippen LogP contribution in [0.3, 0.4) is 0 Å². The van der Waals surface area contributed by atoms with E-state index in [1.165, 1.54) is 11.3 Å². The number of oxazole rings is 1. The summed E-state index contributed by atoms with van der Waals surface area (Å²) in [6.45, 7) is 0. The van der Waals surface area contributed by atoms with Crippen LogP contribution in [0.4, 0.5) is 17.5 Å². The number of H-pyrrole nitrogens is 1. The largest absolute Gasteiger partial charge is 0.423 e. The van der Waals surface area contributed by atoms with Gasteiger partial charge < -0.3 is 15.5 Å². The van der Waals surface area contributed by atoms with Crippen molar-refractivity contribution < 1.29 is 14.2 Å². The molecule has 5 rings (SSSR count). The quantitative estimate of drug-likeness (QED) is 0.420. The molecule has 142 valence electrons. The van der Waals surface area contributed by atoms with Gasteiger partial charge in [0.15, 0.2) is 5.58 Å². The fraction of sp³-hybridized carbons (Fsp3) is 0. The van der Waals surface area contributed by atoms with E-state index in [0.717, 1.165) is 38.0 Å². The van der Waals surface area contributed by atoms with Crippen molar-refractivity contribution in [1.82, 2.24) is 4.98 Å². The van der Waals surface area contributed by atoms with Crippen molar-refractivity contribution in [1.29, 1.82) is 0 Å². The minimum Gasteiger partial charge on any atom is -0.423 e. The zero-order valence-electron chi connectivity index (χ0n) is 15.1. The average molecular weight is 402 g/mol. The number of nitrogens with two attached hydrogens (primary N) is 2. The number of anilines is 3. The number of thiophene rings is 1. The Morgan fingerprint density at radius 2 is 1.93 bits per heavy atom. The molecule has 8 heteroatoms. The zero-order chi connectivity index (χ0) is 20.0. The van der Waals surface area contributed by atoms with Gasteiger partial charge in [0.25, 0.3) is 17.7 Å². The van der Waals surface area contributed by atoms with E-state index in [1.807, 2.05) is 54.7 Å². The summed E-state index contributed by atoms with van der Waals surface area (Å²) >= 11 is 1.28. The van der Waals surface area contributed by atoms with E-state index in [0.29, 0.717) is 16.7 Å². The number of nitrogens with zero attached hydrogens (tertiary/aromatic N) is 1. The second kappa shape index (κ2) is 6.61. The number of primary amides is 1. The highest BCUT2D eigenvalue weighted by atomic mass is 32.1. The van der Waals surface area contributed by atoms with Crippen molar-refractivity contribution in [3.63, 3.8) is 0 Å². The first-order chi connectivity index (χ1) is 14.1. The topological polar surface area (TPSA) is 121 Å². The van der Waals surface area contributed by atoms with Crippen molar-refractivity contribution in [3.8, 4) is 11.1 Å². The highest BCUT2D eigenvalue weighted by molar-refractivity contribution is 7.21. The van der Waals surface area contributed by atoms with Gasteiger partial charge in [0.05, 0.1) is 11.1 Å². The molecule has 1 amide bonds. The van der Waals surface area contributed by atoms with Crippen molar-refractivity contribution in [3.05, 3.63) is 65.7 Å². The van der Waals surface area contributed by atoms with E-state index in [9.17, 15) is 4.79 Å². The van der Waals surface area contributed by atoms with E-state index in [-0.39, 0.29) is 0 Å². The van der Waals surface area contributed by atoms with Crippen LogP contribution >= 0.6 is 11.3 Å². The van der Waals surface area contributed by atoms with Gasteiger partial charge in [-0.2, -0.15) is 4.98 Å². The molecule has 0 bridgehead atoms. The summed E-state index contributed by atoms with van der Waals surface area (Å²) < 4.78 is 6.51. The maximum Gasteiger partial charge on any atom is 0.300 e. The van der Waals surface area contributed by atoms with Gasteiger partial charge in [0.1, 0.15) is 10.2 Å². The van der Waals surface area contributed by atoms with Crippen LogP contribution in [-0.2, 0) is 0 Å². The highest BCUT2D eigenvalue weighted by Crippen LogP contribution is 2.35. The molecule has 0 unspecified atom stereocenters. The van der Waals surface area contributed by atoms with Gasteiger partial charge in [0, 0.05) is 16.6 Å². The number of nitrogens with one attached hydrogen (secondary N) is 2. The summed E-state index contributed by atoms with van der Waals surface area (Å²) in [5.74, 6) is 0.0462. The maximum absolute atomic E-state index is 11.6. The number of aromatic amines is 1. The number of nitrogen functional groups attached to an aromatic ring is 1. The molecule has 0 fully saturated rings. The molecule has 2 aromatic carbocycles. The number of carbonyl (C=O) groups excluding carboxylic acids is 1. The smallest absolute Gasteiger partial charge is 0.300 e. The molecule has 0 atom stereocenters. The minimum absolute atomic E-state index is 0.436. The number of hydrogen-bond acceptors (Lipinski definition) is 6. The molecule has 0 aliphatic heterocycles. The van der Waals surface area contributed by atoms with Crippen molar-refractivity contribution in [2.75, 3.05) is 11.1 Å². The Bertz CT molecular complexity index is 1340. The second-order valence-corrected chi connectivity index (χ2v) is 7.58. The molecular formula is C21H16N5O2S+. The lowest BCUT2D eigenvalue weighted by molar-refractivity contribution is -0.357. The number of carbonyl (C=O) groups is 1. The number of hydrogen-bond donors (Lipinski definition) is 3. The lowest BCUT2D eigenvalue weighted by Crippen LogP contribution is -2.09. The summed E-state index contributed by atoms with van der Waals surface area (Å²) in [6, 6.07) is 17.7. The molecule has 29 heavy (non-hydrogen) atoms. The van der Waals surface area contributed by atoms with E-state index in [1.54, 1.807) is 6.07 Å². The first kappa shape index (κ1) is 17.2. The van der Waals surface area contributed by atoms with Gasteiger partial charge in [-0.25, -0.2) is 4.98 Å². The molecule has 0 radical (unpaired) electrons. The Labute approximate surface area is 169 Å². The molecule has 3 heterocycles. The van der Waals surface area contributed by atoms with Gasteiger partial charge in [-0.15, -0.1) is 11.3 Å². The molecule has 6 N–H and O–H groups in total. The summed E-state index contributed by atoms with van der Waals surface area (Å²) in [5.41, 5.74) is 15.8. The highest BCUT2D eigenvalue weighted by Gasteiger charge is 2.17. The molecular weight excluding hydrogens is 386 g/mol. The van der Waals surface area contributed by atoms with E-state index < -0.39 is 5.91 Å². The van der Waals surface area contributed by atoms with Crippen LogP contribution in [-0.4, -0.2) is 10.9 Å². The number of aromatic nitrogens is 2. The maximum atomic E-state index is 11.6. The monoisotopic (exact) mass is 402 g/mol. The van der Waals surface area contributed by atoms with E-state index >= 15 is 0 Å². The van der Waals surface area contributed by atoms with E-state index in [2.05, 4.69) is 15.3 Å². The van der Waals surface area contributed by atoms with Crippen LogP contribution in [0.15, 0.2) is 65.2 Å². The Balaban J connectivity index is 1.48. The van der Waals surface area contributed by atoms with Crippen LogP contribution in [0.25, 0.3) is 32.3 Å². The molecule has 3 aromatic heterocycles. The molecule has 0 saturated heterocycles. The first-order valence-electron chi connectivity index (χ1n) is 8.85. The number of fused-ring (bicyclic) bond motifs is 2. The predicted molar refractivity (Wildman–Crippen MR) is 114 cm³/mol. The standard InChI is InChI=1S/C21H15N5O2S/c22-19-18-13(9-17(29-18)20(23)27)14(10-24-19)11-5-7-12(8-6-11)25-21-26-15-3-1-2-4-16(15)28-21/h1-10H,(H2,22,24)(H2,23,27)(H,25,26)/p+1. The zero-order valence-corrected chi connectivity index (χ0v) is 15.9. The van der Waals surface area contributed by atoms with Crippen LogP contribution < -0.4 is 21.8 Å². The van der Waals surface area contributed by atoms with Crippen molar-refractivity contribution in [2.24, 2.45) is 5.73 Å². The van der Waals surface area contributed by atoms with Gasteiger partial charge in [-0.1, -0.05) is 24.3 Å². The van der Waals surface area contributed by atoms with Gasteiger partial charge in [0.2, 0.25) is 0 Å². The Kier molecular flexibility index (Phi) is 3.92. The number of rotatable bonds is 4. The molecule has 7 nitrogen and oxygen atoms in total. The normalized spacial score (nSPS) is 11.2. The molecule has 5 aromatic rings. The number of amides is 1.